The number of nitrogens with zero attached hydrogens (tertiary/aromatic N) is 2. The largest absolute Gasteiger partial charge is 0.434 e. The minimum atomic E-state index is -4.48. The molecule has 0 aliphatic rings. The monoisotopic (exact) mass is 352 g/mol. The summed E-state index contributed by atoms with van der Waals surface area (Å²) in [5, 5.41) is 3.67. The van der Waals surface area contributed by atoms with Gasteiger partial charge in [-0.25, -0.2) is 0 Å². The molecule has 0 spiro atoms. The molecule has 2 nitrogen and oxygen atoms in total. The van der Waals surface area contributed by atoms with E-state index < -0.39 is 17.4 Å². The Labute approximate surface area is 142 Å². The molecule has 1 atom stereocenters. The van der Waals surface area contributed by atoms with Crippen molar-refractivity contribution in [3.63, 3.8) is 0 Å². The van der Waals surface area contributed by atoms with Gasteiger partial charge in [0.15, 0.2) is 5.69 Å². The molecule has 23 heavy (non-hydrogen) atoms. The summed E-state index contributed by atoms with van der Waals surface area (Å²) in [5.41, 5.74) is -1.45. The molecule has 0 radical (unpaired) electrons. The number of halogens is 4. The summed E-state index contributed by atoms with van der Waals surface area (Å²) >= 11 is 5.77. The van der Waals surface area contributed by atoms with Gasteiger partial charge in [-0.2, -0.15) is 18.3 Å². The van der Waals surface area contributed by atoms with E-state index in [2.05, 4.69) is 12.0 Å². The third kappa shape index (κ3) is 5.70. The minimum absolute atomic E-state index is 0.314. The van der Waals surface area contributed by atoms with Gasteiger partial charge in [0.1, 0.15) is 0 Å². The number of aromatic nitrogens is 2. The molecule has 1 heterocycles. The molecule has 0 amide bonds. The van der Waals surface area contributed by atoms with E-state index in [0.717, 1.165) is 49.4 Å². The number of hydrogen-bond donors (Lipinski definition) is 0. The average molecular weight is 353 g/mol. The van der Waals surface area contributed by atoms with E-state index in [4.69, 9.17) is 11.6 Å². The fourth-order valence-electron chi connectivity index (χ4n) is 3.00. The van der Waals surface area contributed by atoms with E-state index >= 15 is 0 Å². The van der Waals surface area contributed by atoms with Gasteiger partial charge in [-0.05, 0) is 19.8 Å². The zero-order valence-electron chi connectivity index (χ0n) is 14.3. The predicted molar refractivity (Wildman–Crippen MR) is 88.8 cm³/mol. The molecule has 0 aliphatic carbocycles. The van der Waals surface area contributed by atoms with Crippen molar-refractivity contribution < 1.29 is 13.2 Å². The highest BCUT2D eigenvalue weighted by Crippen LogP contribution is 2.40. The second-order valence-corrected chi connectivity index (χ2v) is 6.92. The molecule has 0 saturated carbocycles. The summed E-state index contributed by atoms with van der Waals surface area (Å²) in [4.78, 5) is 0. The Morgan fingerprint density at radius 1 is 1.00 bits per heavy atom. The van der Waals surface area contributed by atoms with Crippen molar-refractivity contribution in [2.24, 2.45) is 0 Å². The summed E-state index contributed by atoms with van der Waals surface area (Å²) in [6, 6.07) is 0. The molecule has 0 N–H and O–H groups in total. The lowest BCUT2D eigenvalue weighted by Crippen LogP contribution is -2.35. The van der Waals surface area contributed by atoms with Crippen molar-refractivity contribution in [3.05, 3.63) is 16.9 Å². The van der Waals surface area contributed by atoms with Crippen molar-refractivity contribution in [1.29, 1.82) is 0 Å². The third-order valence-corrected chi connectivity index (χ3v) is 4.67. The standard InChI is InChI=1S/C17H28ClF3N2/c1-4-6-8-9-10-12-16(3,11-7-5-2)23-15(17(19,20)21)14(18)13-22-23/h13H,4-12H2,1-3H3. The second kappa shape index (κ2) is 8.95. The van der Waals surface area contributed by atoms with Gasteiger partial charge >= 0.3 is 6.18 Å². The van der Waals surface area contributed by atoms with Gasteiger partial charge in [0, 0.05) is 0 Å². The molecular formula is C17H28ClF3N2. The highest BCUT2D eigenvalue weighted by molar-refractivity contribution is 6.31. The van der Waals surface area contributed by atoms with Gasteiger partial charge in [0.05, 0.1) is 16.8 Å². The van der Waals surface area contributed by atoms with Gasteiger partial charge in [0.2, 0.25) is 0 Å². The maximum absolute atomic E-state index is 13.3. The summed E-state index contributed by atoms with van der Waals surface area (Å²) < 4.78 is 41.1. The zero-order chi connectivity index (χ0) is 17.5. The number of rotatable bonds is 10. The topological polar surface area (TPSA) is 17.8 Å². The van der Waals surface area contributed by atoms with Gasteiger partial charge < -0.3 is 0 Å². The molecule has 1 rings (SSSR count). The molecule has 0 saturated heterocycles. The number of alkyl halides is 3. The second-order valence-electron chi connectivity index (χ2n) is 6.52. The van der Waals surface area contributed by atoms with Gasteiger partial charge in [-0.15, -0.1) is 0 Å². The highest BCUT2D eigenvalue weighted by atomic mass is 35.5. The lowest BCUT2D eigenvalue weighted by molar-refractivity contribution is -0.146. The molecule has 0 aromatic carbocycles. The van der Waals surface area contributed by atoms with Crippen molar-refractivity contribution in [2.45, 2.75) is 90.3 Å². The minimum Gasteiger partial charge on any atom is -0.253 e. The van der Waals surface area contributed by atoms with Crippen LogP contribution < -0.4 is 0 Å². The van der Waals surface area contributed by atoms with E-state index in [0.29, 0.717) is 12.8 Å². The van der Waals surface area contributed by atoms with Crippen molar-refractivity contribution >= 4 is 11.6 Å². The maximum atomic E-state index is 13.3. The van der Waals surface area contributed by atoms with Crippen LogP contribution in [0.3, 0.4) is 0 Å². The summed E-state index contributed by atoms with van der Waals surface area (Å²) in [5.74, 6) is 0. The van der Waals surface area contributed by atoms with Crippen LogP contribution in [0.15, 0.2) is 6.20 Å². The molecule has 1 unspecified atom stereocenters. The number of unbranched alkanes of at least 4 members (excludes halogenated alkanes) is 5. The van der Waals surface area contributed by atoms with Crippen LogP contribution in [0.4, 0.5) is 13.2 Å². The Morgan fingerprint density at radius 2 is 1.57 bits per heavy atom. The molecule has 1 aromatic heterocycles. The van der Waals surface area contributed by atoms with E-state index in [1.807, 2.05) is 13.8 Å². The van der Waals surface area contributed by atoms with Crippen molar-refractivity contribution in [2.75, 3.05) is 0 Å². The molecule has 0 bridgehead atoms. The van der Waals surface area contributed by atoms with E-state index in [1.54, 1.807) is 0 Å². The van der Waals surface area contributed by atoms with E-state index in [1.165, 1.54) is 6.42 Å². The van der Waals surface area contributed by atoms with Crippen molar-refractivity contribution in [1.82, 2.24) is 9.78 Å². The lowest BCUT2D eigenvalue weighted by atomic mass is 9.88. The van der Waals surface area contributed by atoms with Crippen LogP contribution in [0.1, 0.15) is 84.3 Å². The molecule has 0 aliphatic heterocycles. The van der Waals surface area contributed by atoms with E-state index in [9.17, 15) is 13.2 Å². The van der Waals surface area contributed by atoms with Crippen LogP contribution in [-0.2, 0) is 11.7 Å². The Hall–Kier alpha value is -0.710. The Morgan fingerprint density at radius 3 is 2.13 bits per heavy atom. The zero-order valence-corrected chi connectivity index (χ0v) is 15.1. The first-order valence-electron chi connectivity index (χ1n) is 8.57. The summed E-state index contributed by atoms with van der Waals surface area (Å²) in [6.07, 6.45) is 5.24. The Bertz CT molecular complexity index is 471. The third-order valence-electron chi connectivity index (χ3n) is 4.39. The highest BCUT2D eigenvalue weighted by Gasteiger charge is 2.42. The Balaban J connectivity index is 2.97. The van der Waals surface area contributed by atoms with Crippen molar-refractivity contribution in [3.8, 4) is 0 Å². The van der Waals surface area contributed by atoms with Crippen LogP contribution in [0.25, 0.3) is 0 Å². The molecule has 6 heteroatoms. The van der Waals surface area contributed by atoms with Crippen LogP contribution in [0, 0.1) is 0 Å². The molecule has 0 fully saturated rings. The Kier molecular flexibility index (Phi) is 7.91. The van der Waals surface area contributed by atoms with Gasteiger partial charge in [-0.1, -0.05) is 70.4 Å². The normalized spacial score (nSPS) is 14.9. The van der Waals surface area contributed by atoms with Gasteiger partial charge in [0.25, 0.3) is 0 Å². The molecule has 1 aromatic rings. The fourth-order valence-corrected chi connectivity index (χ4v) is 3.23. The first-order chi connectivity index (χ1) is 10.8. The van der Waals surface area contributed by atoms with Crippen LogP contribution in [0.5, 0.6) is 0 Å². The van der Waals surface area contributed by atoms with Gasteiger partial charge in [-0.3, -0.25) is 4.68 Å². The fraction of sp³-hybridized carbons (Fsp3) is 0.824. The SMILES string of the molecule is CCCCCCCC(C)(CCCC)n1ncc(Cl)c1C(F)(F)F. The van der Waals surface area contributed by atoms with Crippen LogP contribution >= 0.6 is 11.6 Å². The molecular weight excluding hydrogens is 325 g/mol. The molecule has 134 valence electrons. The predicted octanol–water partition coefficient (Wildman–Crippen LogP) is 6.82. The van der Waals surface area contributed by atoms with Crippen LogP contribution in [0.2, 0.25) is 5.02 Å². The van der Waals surface area contributed by atoms with E-state index in [-0.39, 0.29) is 5.02 Å². The average Bonchev–Trinajstić information content (AvgIpc) is 2.87. The maximum Gasteiger partial charge on any atom is 0.434 e. The quantitative estimate of drug-likeness (QED) is 0.422. The summed E-state index contributed by atoms with van der Waals surface area (Å²) in [6.45, 7) is 6.07. The first kappa shape index (κ1) is 20.3. The van der Waals surface area contributed by atoms with Crippen LogP contribution in [-0.4, -0.2) is 9.78 Å². The smallest absolute Gasteiger partial charge is 0.253 e. The summed E-state index contributed by atoms with van der Waals surface area (Å²) in [7, 11) is 0. The first-order valence-corrected chi connectivity index (χ1v) is 8.95. The number of hydrogen-bond acceptors (Lipinski definition) is 1. The lowest BCUT2D eigenvalue weighted by Gasteiger charge is -2.32.